The highest BCUT2D eigenvalue weighted by Gasteiger charge is 2.32. The molecule has 0 aliphatic rings. The average Bonchev–Trinajstić information content (AvgIpc) is 2.72. The Morgan fingerprint density at radius 1 is 0.939 bits per heavy atom. The SMILES string of the molecule is CCC(C)C(NC(=O)C(CC(N)=O)NC(=O)C(CCSC)NC(=O)C(N)CC(C)C)C(=O)O. The number of primary amides is 1. The van der Waals surface area contributed by atoms with Crippen molar-refractivity contribution in [1.29, 1.82) is 0 Å². The van der Waals surface area contributed by atoms with Crippen molar-refractivity contribution in [3.63, 3.8) is 0 Å². The fraction of sp³-hybridized carbons (Fsp3) is 0.762. The number of carboxylic acids is 1. The smallest absolute Gasteiger partial charge is 0.326 e. The van der Waals surface area contributed by atoms with Gasteiger partial charge in [-0.25, -0.2) is 4.79 Å². The number of nitrogens with one attached hydrogen (secondary N) is 3. The molecule has 0 saturated carbocycles. The number of nitrogens with two attached hydrogens (primary N) is 2. The van der Waals surface area contributed by atoms with Crippen LogP contribution in [0.5, 0.6) is 0 Å². The van der Waals surface area contributed by atoms with Crippen molar-refractivity contribution in [2.75, 3.05) is 12.0 Å². The number of hydrogen-bond donors (Lipinski definition) is 6. The van der Waals surface area contributed by atoms with Gasteiger partial charge >= 0.3 is 5.97 Å². The molecule has 0 rings (SSSR count). The molecule has 0 aromatic carbocycles. The van der Waals surface area contributed by atoms with E-state index in [-0.39, 0.29) is 18.3 Å². The second-order valence-corrected chi connectivity index (χ2v) is 9.51. The summed E-state index contributed by atoms with van der Waals surface area (Å²) in [4.78, 5) is 61.1. The van der Waals surface area contributed by atoms with Crippen LogP contribution in [0.3, 0.4) is 0 Å². The van der Waals surface area contributed by atoms with Crippen LogP contribution in [0.2, 0.25) is 0 Å². The molecule has 0 fully saturated rings. The molecule has 8 N–H and O–H groups in total. The minimum atomic E-state index is -1.39. The van der Waals surface area contributed by atoms with Crippen LogP contribution in [0.15, 0.2) is 0 Å². The summed E-state index contributed by atoms with van der Waals surface area (Å²) in [6.07, 6.45) is 2.50. The molecule has 11 nitrogen and oxygen atoms in total. The topological polar surface area (TPSA) is 194 Å². The second-order valence-electron chi connectivity index (χ2n) is 8.52. The molecule has 0 bridgehead atoms. The maximum Gasteiger partial charge on any atom is 0.326 e. The molecule has 0 spiro atoms. The number of aliphatic carboxylic acids is 1. The van der Waals surface area contributed by atoms with Gasteiger partial charge in [-0.15, -0.1) is 0 Å². The molecule has 0 aromatic heterocycles. The average molecular weight is 490 g/mol. The van der Waals surface area contributed by atoms with Gasteiger partial charge in [0.05, 0.1) is 12.5 Å². The Hall–Kier alpha value is -2.34. The summed E-state index contributed by atoms with van der Waals surface area (Å²) in [5.41, 5.74) is 11.1. The molecule has 0 aliphatic carbocycles. The number of thioether (sulfide) groups is 1. The zero-order valence-electron chi connectivity index (χ0n) is 20.1. The zero-order chi connectivity index (χ0) is 25.7. The number of rotatable bonds is 16. The van der Waals surface area contributed by atoms with Crippen molar-refractivity contribution in [2.24, 2.45) is 23.3 Å². The van der Waals surface area contributed by atoms with Gasteiger partial charge < -0.3 is 32.5 Å². The fourth-order valence-electron chi connectivity index (χ4n) is 3.02. The van der Waals surface area contributed by atoms with Crippen molar-refractivity contribution >= 4 is 41.4 Å². The summed E-state index contributed by atoms with van der Waals surface area (Å²) in [5.74, 6) is -3.77. The highest BCUT2D eigenvalue weighted by molar-refractivity contribution is 7.98. The van der Waals surface area contributed by atoms with E-state index in [2.05, 4.69) is 16.0 Å². The Bertz CT molecular complexity index is 690. The number of carbonyl (C=O) groups is 5. The lowest BCUT2D eigenvalue weighted by Crippen LogP contribution is -2.58. The third-order valence-corrected chi connectivity index (χ3v) is 5.76. The van der Waals surface area contributed by atoms with Gasteiger partial charge in [0.2, 0.25) is 23.6 Å². The Morgan fingerprint density at radius 3 is 1.94 bits per heavy atom. The van der Waals surface area contributed by atoms with Crippen molar-refractivity contribution in [1.82, 2.24) is 16.0 Å². The Kier molecular flexibility index (Phi) is 14.4. The highest BCUT2D eigenvalue weighted by Crippen LogP contribution is 2.10. The molecule has 0 heterocycles. The second kappa shape index (κ2) is 15.5. The van der Waals surface area contributed by atoms with Gasteiger partial charge in [0.25, 0.3) is 0 Å². The fourth-order valence-corrected chi connectivity index (χ4v) is 3.49. The molecule has 0 radical (unpaired) electrons. The quantitative estimate of drug-likeness (QED) is 0.168. The number of hydrogen-bond acceptors (Lipinski definition) is 7. The van der Waals surface area contributed by atoms with Gasteiger partial charge in [0.1, 0.15) is 18.1 Å². The summed E-state index contributed by atoms with van der Waals surface area (Å²) in [7, 11) is 0. The van der Waals surface area contributed by atoms with Crippen LogP contribution in [0, 0.1) is 11.8 Å². The Balaban J connectivity index is 5.52. The van der Waals surface area contributed by atoms with Crippen LogP contribution in [-0.2, 0) is 24.0 Å². The first-order valence-electron chi connectivity index (χ1n) is 11.0. The molecule has 0 saturated heterocycles. The molecule has 0 aliphatic heterocycles. The number of carboxylic acid groups (broad SMARTS) is 1. The lowest BCUT2D eigenvalue weighted by molar-refractivity contribution is -0.144. The molecule has 5 unspecified atom stereocenters. The molecule has 5 atom stereocenters. The number of amides is 4. The molecule has 4 amide bonds. The van der Waals surface area contributed by atoms with Crippen LogP contribution in [0.1, 0.15) is 53.4 Å². The minimum Gasteiger partial charge on any atom is -0.480 e. The van der Waals surface area contributed by atoms with E-state index in [0.29, 0.717) is 18.6 Å². The Morgan fingerprint density at radius 2 is 1.48 bits per heavy atom. The predicted octanol–water partition coefficient (Wildman–Crippen LogP) is -0.427. The van der Waals surface area contributed by atoms with Crippen LogP contribution in [0.25, 0.3) is 0 Å². The van der Waals surface area contributed by atoms with Gasteiger partial charge in [-0.3, -0.25) is 19.2 Å². The monoisotopic (exact) mass is 489 g/mol. The first-order valence-corrected chi connectivity index (χ1v) is 12.4. The first kappa shape index (κ1) is 30.7. The van der Waals surface area contributed by atoms with Crippen molar-refractivity contribution in [3.05, 3.63) is 0 Å². The van der Waals surface area contributed by atoms with E-state index >= 15 is 0 Å². The van der Waals surface area contributed by atoms with Crippen LogP contribution < -0.4 is 27.4 Å². The molecule has 0 aromatic rings. The number of carbonyl (C=O) groups excluding carboxylic acids is 4. The molecular weight excluding hydrogens is 450 g/mol. The van der Waals surface area contributed by atoms with Gasteiger partial charge in [-0.2, -0.15) is 11.8 Å². The molecule has 12 heteroatoms. The summed E-state index contributed by atoms with van der Waals surface area (Å²) >= 11 is 1.47. The van der Waals surface area contributed by atoms with Gasteiger partial charge in [0.15, 0.2) is 0 Å². The molecule has 190 valence electrons. The maximum absolute atomic E-state index is 12.9. The summed E-state index contributed by atoms with van der Waals surface area (Å²) in [5, 5.41) is 16.8. The third-order valence-electron chi connectivity index (χ3n) is 5.12. The zero-order valence-corrected chi connectivity index (χ0v) is 20.9. The lowest BCUT2D eigenvalue weighted by atomic mass is 9.98. The van der Waals surface area contributed by atoms with Crippen molar-refractivity contribution < 1.29 is 29.1 Å². The van der Waals surface area contributed by atoms with Gasteiger partial charge in [0, 0.05) is 0 Å². The van der Waals surface area contributed by atoms with Gasteiger partial charge in [-0.05, 0) is 36.7 Å². The van der Waals surface area contributed by atoms with E-state index in [1.54, 1.807) is 13.8 Å². The van der Waals surface area contributed by atoms with E-state index in [0.717, 1.165) is 0 Å². The summed E-state index contributed by atoms with van der Waals surface area (Å²) in [6, 6.07) is -4.38. The summed E-state index contributed by atoms with van der Waals surface area (Å²) < 4.78 is 0. The van der Waals surface area contributed by atoms with Crippen LogP contribution in [0.4, 0.5) is 0 Å². The Labute approximate surface area is 199 Å². The van der Waals surface area contributed by atoms with Crippen molar-refractivity contribution in [3.8, 4) is 0 Å². The standard InChI is InChI=1S/C21H39N5O6S/c1-6-12(4)17(21(31)32)26-20(30)15(10-16(23)27)25-19(29)14(7-8-33-5)24-18(28)13(22)9-11(2)3/h11-15,17H,6-10,22H2,1-5H3,(H2,23,27)(H,24,28)(H,25,29)(H,26,30)(H,31,32). The van der Waals surface area contributed by atoms with E-state index in [9.17, 15) is 29.1 Å². The first-order chi connectivity index (χ1) is 15.3. The minimum absolute atomic E-state index is 0.181. The highest BCUT2D eigenvalue weighted by atomic mass is 32.2. The van der Waals surface area contributed by atoms with E-state index in [1.165, 1.54) is 11.8 Å². The van der Waals surface area contributed by atoms with E-state index in [4.69, 9.17) is 11.5 Å². The molecule has 33 heavy (non-hydrogen) atoms. The van der Waals surface area contributed by atoms with Crippen LogP contribution in [-0.4, -0.2) is 70.9 Å². The molecular formula is C21H39N5O6S. The maximum atomic E-state index is 12.9. The van der Waals surface area contributed by atoms with E-state index < -0.39 is 60.2 Å². The van der Waals surface area contributed by atoms with E-state index in [1.807, 2.05) is 20.1 Å². The van der Waals surface area contributed by atoms with Crippen molar-refractivity contribution in [2.45, 2.75) is 77.5 Å². The van der Waals surface area contributed by atoms with Crippen LogP contribution >= 0.6 is 11.8 Å². The predicted molar refractivity (Wildman–Crippen MR) is 127 cm³/mol. The lowest BCUT2D eigenvalue weighted by Gasteiger charge is -2.26. The van der Waals surface area contributed by atoms with Gasteiger partial charge in [-0.1, -0.05) is 34.1 Å². The summed E-state index contributed by atoms with van der Waals surface area (Å²) in [6.45, 7) is 7.28. The third kappa shape index (κ3) is 11.9. The largest absolute Gasteiger partial charge is 0.480 e. The normalized spacial score (nSPS) is 15.6.